The standard InChI is InChI=1S/C13H22N4O2.ClH/c1-9-12(10(2)17(3)16-9)7-15-13(18)6-11-8-19-5-4-14-11;/h11,14H,4-8H2,1-3H3,(H,15,18);1H. The smallest absolute Gasteiger partial charge is 0.221 e. The average molecular weight is 303 g/mol. The van der Waals surface area contributed by atoms with Gasteiger partial charge < -0.3 is 15.4 Å². The van der Waals surface area contributed by atoms with E-state index in [-0.39, 0.29) is 24.4 Å². The second-order valence-corrected chi connectivity index (χ2v) is 4.98. The number of ether oxygens (including phenoxy) is 1. The van der Waals surface area contributed by atoms with Crippen LogP contribution in [0.5, 0.6) is 0 Å². The fourth-order valence-electron chi connectivity index (χ4n) is 2.31. The molecule has 1 amide bonds. The van der Waals surface area contributed by atoms with Crippen molar-refractivity contribution >= 4 is 18.3 Å². The number of carbonyl (C=O) groups excluding carboxylic acids is 1. The van der Waals surface area contributed by atoms with Crippen molar-refractivity contribution in [1.29, 1.82) is 0 Å². The number of aromatic nitrogens is 2. The fourth-order valence-corrected chi connectivity index (χ4v) is 2.31. The van der Waals surface area contributed by atoms with E-state index in [1.165, 1.54) is 0 Å². The Balaban J connectivity index is 0.00000200. The molecule has 1 fully saturated rings. The van der Waals surface area contributed by atoms with Crippen molar-refractivity contribution < 1.29 is 9.53 Å². The Morgan fingerprint density at radius 1 is 1.55 bits per heavy atom. The number of rotatable bonds is 4. The fraction of sp³-hybridized carbons (Fsp3) is 0.692. The van der Waals surface area contributed by atoms with Gasteiger partial charge in [0.2, 0.25) is 5.91 Å². The van der Waals surface area contributed by atoms with Crippen molar-refractivity contribution in [3.05, 3.63) is 17.0 Å². The molecule has 6 nitrogen and oxygen atoms in total. The van der Waals surface area contributed by atoms with E-state index in [1.54, 1.807) is 0 Å². The Bertz CT molecular complexity index is 455. The number of morpholine rings is 1. The van der Waals surface area contributed by atoms with Crippen LogP contribution in [-0.4, -0.2) is 41.5 Å². The Morgan fingerprint density at radius 2 is 2.30 bits per heavy atom. The maximum Gasteiger partial charge on any atom is 0.221 e. The van der Waals surface area contributed by atoms with Crippen molar-refractivity contribution in [2.24, 2.45) is 7.05 Å². The zero-order valence-corrected chi connectivity index (χ0v) is 13.0. The lowest BCUT2D eigenvalue weighted by Gasteiger charge is -2.23. The highest BCUT2D eigenvalue weighted by Gasteiger charge is 2.17. The SMILES string of the molecule is Cc1nn(C)c(C)c1CNC(=O)CC1COCCN1.Cl. The number of amides is 1. The number of aryl methyl sites for hydroxylation is 2. The summed E-state index contributed by atoms with van der Waals surface area (Å²) in [6.07, 6.45) is 0.457. The van der Waals surface area contributed by atoms with Gasteiger partial charge in [0.25, 0.3) is 0 Å². The molecular formula is C13H23ClN4O2. The van der Waals surface area contributed by atoms with Gasteiger partial charge in [-0.25, -0.2) is 0 Å². The molecule has 1 atom stereocenters. The Morgan fingerprint density at radius 3 is 2.85 bits per heavy atom. The van der Waals surface area contributed by atoms with Crippen LogP contribution in [0.1, 0.15) is 23.4 Å². The number of halogens is 1. The van der Waals surface area contributed by atoms with Crippen LogP contribution in [0, 0.1) is 13.8 Å². The molecule has 7 heteroatoms. The molecule has 0 aromatic carbocycles. The number of carbonyl (C=O) groups is 1. The largest absolute Gasteiger partial charge is 0.378 e. The van der Waals surface area contributed by atoms with Gasteiger partial charge in [0.1, 0.15) is 0 Å². The van der Waals surface area contributed by atoms with Crippen LogP contribution < -0.4 is 10.6 Å². The van der Waals surface area contributed by atoms with Crippen LogP contribution in [0.25, 0.3) is 0 Å². The molecule has 1 aromatic heterocycles. The van der Waals surface area contributed by atoms with Crippen LogP contribution in [0.3, 0.4) is 0 Å². The van der Waals surface area contributed by atoms with Gasteiger partial charge in [-0.2, -0.15) is 5.10 Å². The highest BCUT2D eigenvalue weighted by Crippen LogP contribution is 2.11. The molecule has 0 spiro atoms. The van der Waals surface area contributed by atoms with E-state index >= 15 is 0 Å². The van der Waals surface area contributed by atoms with E-state index in [0.717, 1.165) is 30.1 Å². The molecule has 1 unspecified atom stereocenters. The zero-order chi connectivity index (χ0) is 13.8. The molecule has 1 saturated heterocycles. The van der Waals surface area contributed by atoms with Crippen LogP contribution in [0.2, 0.25) is 0 Å². The molecule has 0 saturated carbocycles. The van der Waals surface area contributed by atoms with Crippen LogP contribution in [0.15, 0.2) is 0 Å². The summed E-state index contributed by atoms with van der Waals surface area (Å²) in [6, 6.07) is 0.129. The molecule has 20 heavy (non-hydrogen) atoms. The highest BCUT2D eigenvalue weighted by atomic mass is 35.5. The monoisotopic (exact) mass is 302 g/mol. The number of nitrogens with zero attached hydrogens (tertiary/aromatic N) is 2. The van der Waals surface area contributed by atoms with E-state index in [2.05, 4.69) is 15.7 Å². The topological polar surface area (TPSA) is 68.2 Å². The average Bonchev–Trinajstić information content (AvgIpc) is 2.62. The van der Waals surface area contributed by atoms with E-state index in [1.807, 2.05) is 25.6 Å². The lowest BCUT2D eigenvalue weighted by atomic mass is 10.1. The minimum atomic E-state index is 0. The molecule has 0 bridgehead atoms. The first kappa shape index (κ1) is 16.9. The minimum absolute atomic E-state index is 0. The predicted molar refractivity (Wildman–Crippen MR) is 79.0 cm³/mol. The molecule has 1 aliphatic heterocycles. The highest BCUT2D eigenvalue weighted by molar-refractivity contribution is 5.85. The van der Waals surface area contributed by atoms with E-state index in [9.17, 15) is 4.79 Å². The molecule has 114 valence electrons. The van der Waals surface area contributed by atoms with Gasteiger partial charge in [-0.05, 0) is 13.8 Å². The van der Waals surface area contributed by atoms with Gasteiger partial charge in [0.15, 0.2) is 0 Å². The van der Waals surface area contributed by atoms with Gasteiger partial charge in [-0.15, -0.1) is 12.4 Å². The van der Waals surface area contributed by atoms with Gasteiger partial charge in [0, 0.05) is 43.9 Å². The van der Waals surface area contributed by atoms with Gasteiger partial charge >= 0.3 is 0 Å². The first-order valence-corrected chi connectivity index (χ1v) is 6.65. The molecular weight excluding hydrogens is 280 g/mol. The third kappa shape index (κ3) is 4.19. The van der Waals surface area contributed by atoms with Crippen molar-refractivity contribution in [3.63, 3.8) is 0 Å². The lowest BCUT2D eigenvalue weighted by molar-refractivity contribution is -0.122. The normalized spacial score (nSPS) is 18.4. The molecule has 2 heterocycles. The summed E-state index contributed by atoms with van der Waals surface area (Å²) < 4.78 is 7.17. The Labute approximate surface area is 125 Å². The zero-order valence-electron chi connectivity index (χ0n) is 12.2. The second-order valence-electron chi connectivity index (χ2n) is 4.98. The maximum absolute atomic E-state index is 11.9. The van der Waals surface area contributed by atoms with Crippen LogP contribution >= 0.6 is 12.4 Å². The summed E-state index contributed by atoms with van der Waals surface area (Å²) >= 11 is 0. The molecule has 2 rings (SSSR count). The summed E-state index contributed by atoms with van der Waals surface area (Å²) in [7, 11) is 1.91. The Hall–Kier alpha value is -1.11. The van der Waals surface area contributed by atoms with E-state index in [4.69, 9.17) is 4.74 Å². The third-order valence-corrected chi connectivity index (χ3v) is 3.55. The summed E-state index contributed by atoms with van der Waals surface area (Å²) in [5.41, 5.74) is 3.17. The maximum atomic E-state index is 11.9. The van der Waals surface area contributed by atoms with Crippen LogP contribution in [0.4, 0.5) is 0 Å². The quantitative estimate of drug-likeness (QED) is 0.847. The minimum Gasteiger partial charge on any atom is -0.378 e. The Kier molecular flexibility index (Phi) is 6.45. The van der Waals surface area contributed by atoms with E-state index in [0.29, 0.717) is 19.6 Å². The molecule has 1 aliphatic rings. The molecule has 0 aliphatic carbocycles. The van der Waals surface area contributed by atoms with Gasteiger partial charge in [-0.1, -0.05) is 0 Å². The predicted octanol–water partition coefficient (Wildman–Crippen LogP) is 0.453. The van der Waals surface area contributed by atoms with Crippen molar-refractivity contribution in [1.82, 2.24) is 20.4 Å². The number of nitrogens with one attached hydrogen (secondary N) is 2. The van der Waals surface area contributed by atoms with Crippen molar-refractivity contribution in [3.8, 4) is 0 Å². The first-order valence-electron chi connectivity index (χ1n) is 6.65. The van der Waals surface area contributed by atoms with Gasteiger partial charge in [-0.3, -0.25) is 9.48 Å². The summed E-state index contributed by atoms with van der Waals surface area (Å²) in [5, 5.41) is 10.6. The van der Waals surface area contributed by atoms with Crippen molar-refractivity contribution in [2.75, 3.05) is 19.8 Å². The summed E-state index contributed by atoms with van der Waals surface area (Å²) in [4.78, 5) is 11.9. The summed E-state index contributed by atoms with van der Waals surface area (Å²) in [5.74, 6) is 0.0469. The molecule has 0 radical (unpaired) electrons. The van der Waals surface area contributed by atoms with Crippen LogP contribution in [-0.2, 0) is 23.1 Å². The lowest BCUT2D eigenvalue weighted by Crippen LogP contribution is -2.44. The number of hydrogen-bond acceptors (Lipinski definition) is 4. The molecule has 1 aromatic rings. The van der Waals surface area contributed by atoms with E-state index < -0.39 is 0 Å². The second kappa shape index (κ2) is 7.61. The molecule has 2 N–H and O–H groups in total. The first-order chi connectivity index (χ1) is 9.08. The van der Waals surface area contributed by atoms with Gasteiger partial charge in [0.05, 0.1) is 18.9 Å². The third-order valence-electron chi connectivity index (χ3n) is 3.55. The number of hydrogen-bond donors (Lipinski definition) is 2. The van der Waals surface area contributed by atoms with Crippen molar-refractivity contribution in [2.45, 2.75) is 32.9 Å². The summed E-state index contributed by atoms with van der Waals surface area (Å²) in [6.45, 7) is 6.67.